The van der Waals surface area contributed by atoms with Crippen LogP contribution in [0.15, 0.2) is 36.4 Å². The number of H-pyrrole nitrogens is 1. The molecule has 1 amide bonds. The lowest BCUT2D eigenvalue weighted by atomic mass is 10.1. The molecule has 0 unspecified atom stereocenters. The number of hydrogen-bond donors (Lipinski definition) is 2. The van der Waals surface area contributed by atoms with E-state index in [0.717, 1.165) is 11.2 Å². The first-order chi connectivity index (χ1) is 12.0. The van der Waals surface area contributed by atoms with Crippen molar-refractivity contribution in [3.63, 3.8) is 0 Å². The van der Waals surface area contributed by atoms with Gasteiger partial charge in [-0.3, -0.25) is 4.79 Å². The normalized spacial score (nSPS) is 10.9. The van der Waals surface area contributed by atoms with Gasteiger partial charge in [0.05, 0.1) is 12.7 Å². The maximum absolute atomic E-state index is 14.1. The standard InChI is InChI=1S/C20H21FN2O2/c1-12-6-4-7-15-14(13(2)23-19(12)15)10-11-22-20(24)16-8-5-9-17(25-3)18(16)21/h4-9,23H,10-11H2,1-3H3,(H,22,24). The molecule has 25 heavy (non-hydrogen) atoms. The molecule has 0 spiro atoms. The SMILES string of the molecule is COc1cccc(C(=O)NCCc2c(C)[nH]c3c(C)cccc23)c1F. The van der Waals surface area contributed by atoms with E-state index < -0.39 is 11.7 Å². The number of rotatable bonds is 5. The predicted octanol–water partition coefficient (Wildman–Crippen LogP) is 3.90. The van der Waals surface area contributed by atoms with Crippen LogP contribution in [0.5, 0.6) is 5.75 Å². The van der Waals surface area contributed by atoms with Crippen molar-refractivity contribution in [2.24, 2.45) is 0 Å². The summed E-state index contributed by atoms with van der Waals surface area (Å²) in [7, 11) is 1.38. The van der Waals surface area contributed by atoms with Crippen LogP contribution in [-0.2, 0) is 6.42 Å². The van der Waals surface area contributed by atoms with Crippen molar-refractivity contribution in [3.8, 4) is 5.75 Å². The largest absolute Gasteiger partial charge is 0.494 e. The molecule has 0 bridgehead atoms. The van der Waals surface area contributed by atoms with Gasteiger partial charge in [0.25, 0.3) is 5.91 Å². The van der Waals surface area contributed by atoms with E-state index in [1.165, 1.54) is 35.8 Å². The lowest BCUT2D eigenvalue weighted by molar-refractivity contribution is 0.0949. The zero-order valence-electron chi connectivity index (χ0n) is 14.6. The Balaban J connectivity index is 1.73. The van der Waals surface area contributed by atoms with Crippen LogP contribution in [0, 0.1) is 19.7 Å². The second kappa shape index (κ2) is 6.97. The Labute approximate surface area is 146 Å². The summed E-state index contributed by atoms with van der Waals surface area (Å²) in [6.45, 7) is 4.52. The lowest BCUT2D eigenvalue weighted by Gasteiger charge is -2.09. The second-order valence-electron chi connectivity index (χ2n) is 6.05. The van der Waals surface area contributed by atoms with Crippen LogP contribution in [0.25, 0.3) is 10.9 Å². The number of ether oxygens (including phenoxy) is 1. The fraction of sp³-hybridized carbons (Fsp3) is 0.250. The molecule has 1 aromatic heterocycles. The molecular formula is C20H21FN2O2. The molecule has 5 heteroatoms. The van der Waals surface area contributed by atoms with Gasteiger partial charge in [-0.2, -0.15) is 0 Å². The number of hydrogen-bond acceptors (Lipinski definition) is 2. The Kier molecular flexibility index (Phi) is 4.74. The molecular weight excluding hydrogens is 319 g/mol. The molecule has 0 aliphatic rings. The summed E-state index contributed by atoms with van der Waals surface area (Å²) in [6, 6.07) is 10.7. The molecule has 0 fully saturated rings. The van der Waals surface area contributed by atoms with Crippen LogP contribution in [0.4, 0.5) is 4.39 Å². The Morgan fingerprint density at radius 2 is 1.96 bits per heavy atom. The number of para-hydroxylation sites is 1. The number of benzene rings is 2. The Hall–Kier alpha value is -2.82. The van der Waals surface area contributed by atoms with Gasteiger partial charge in [-0.15, -0.1) is 0 Å². The summed E-state index contributed by atoms with van der Waals surface area (Å²) in [4.78, 5) is 15.7. The molecule has 0 aliphatic heterocycles. The van der Waals surface area contributed by atoms with Gasteiger partial charge in [0, 0.05) is 23.1 Å². The van der Waals surface area contributed by atoms with Gasteiger partial charge >= 0.3 is 0 Å². The third-order valence-corrected chi connectivity index (χ3v) is 4.45. The molecule has 2 aromatic carbocycles. The fourth-order valence-electron chi connectivity index (χ4n) is 3.11. The minimum atomic E-state index is -0.638. The number of aryl methyl sites for hydroxylation is 2. The van der Waals surface area contributed by atoms with Crippen molar-refractivity contribution in [2.75, 3.05) is 13.7 Å². The highest BCUT2D eigenvalue weighted by Gasteiger charge is 2.16. The smallest absolute Gasteiger partial charge is 0.254 e. The van der Waals surface area contributed by atoms with E-state index in [0.29, 0.717) is 13.0 Å². The van der Waals surface area contributed by atoms with E-state index in [1.54, 1.807) is 6.07 Å². The maximum atomic E-state index is 14.1. The number of methoxy groups -OCH3 is 1. The van der Waals surface area contributed by atoms with Crippen molar-refractivity contribution in [2.45, 2.75) is 20.3 Å². The van der Waals surface area contributed by atoms with Gasteiger partial charge in [-0.05, 0) is 43.5 Å². The van der Waals surface area contributed by atoms with Crippen molar-refractivity contribution in [1.82, 2.24) is 10.3 Å². The Morgan fingerprint density at radius 1 is 1.20 bits per heavy atom. The maximum Gasteiger partial charge on any atom is 0.254 e. The first kappa shape index (κ1) is 17.0. The third-order valence-electron chi connectivity index (χ3n) is 4.45. The Bertz CT molecular complexity index is 931. The van der Waals surface area contributed by atoms with E-state index in [4.69, 9.17) is 4.74 Å². The van der Waals surface area contributed by atoms with E-state index in [1.807, 2.05) is 13.0 Å². The number of carbonyl (C=O) groups is 1. The van der Waals surface area contributed by atoms with Crippen LogP contribution in [-0.4, -0.2) is 24.5 Å². The van der Waals surface area contributed by atoms with Crippen molar-refractivity contribution in [1.29, 1.82) is 0 Å². The third kappa shape index (κ3) is 3.22. The summed E-state index contributed by atoms with van der Waals surface area (Å²) in [6.07, 6.45) is 0.673. The van der Waals surface area contributed by atoms with Crippen LogP contribution in [0.2, 0.25) is 0 Å². The first-order valence-corrected chi connectivity index (χ1v) is 8.20. The van der Waals surface area contributed by atoms with Crippen molar-refractivity contribution < 1.29 is 13.9 Å². The molecule has 3 rings (SSSR count). The number of fused-ring (bicyclic) bond motifs is 1. The molecule has 4 nitrogen and oxygen atoms in total. The zero-order chi connectivity index (χ0) is 18.0. The number of aromatic nitrogens is 1. The average Bonchev–Trinajstić information content (AvgIpc) is 2.92. The first-order valence-electron chi connectivity index (χ1n) is 8.20. The highest BCUT2D eigenvalue weighted by molar-refractivity contribution is 5.95. The summed E-state index contributed by atoms with van der Waals surface area (Å²) in [5.74, 6) is -1.01. The van der Waals surface area contributed by atoms with Gasteiger partial charge in [0.2, 0.25) is 0 Å². The lowest BCUT2D eigenvalue weighted by Crippen LogP contribution is -2.26. The molecule has 2 N–H and O–H groups in total. The van der Waals surface area contributed by atoms with E-state index >= 15 is 0 Å². The van der Waals surface area contributed by atoms with Gasteiger partial charge in [-0.25, -0.2) is 4.39 Å². The number of halogens is 1. The molecule has 130 valence electrons. The van der Waals surface area contributed by atoms with Gasteiger partial charge < -0.3 is 15.0 Å². The average molecular weight is 340 g/mol. The highest BCUT2D eigenvalue weighted by Crippen LogP contribution is 2.25. The van der Waals surface area contributed by atoms with Crippen LogP contribution >= 0.6 is 0 Å². The van der Waals surface area contributed by atoms with Crippen LogP contribution in [0.1, 0.15) is 27.2 Å². The summed E-state index contributed by atoms with van der Waals surface area (Å²) in [5.41, 5.74) is 4.57. The minimum Gasteiger partial charge on any atom is -0.494 e. The molecule has 0 aliphatic carbocycles. The number of amides is 1. The van der Waals surface area contributed by atoms with Crippen molar-refractivity contribution >= 4 is 16.8 Å². The topological polar surface area (TPSA) is 54.1 Å². The van der Waals surface area contributed by atoms with E-state index in [-0.39, 0.29) is 11.3 Å². The fourth-order valence-corrected chi connectivity index (χ4v) is 3.11. The Morgan fingerprint density at radius 3 is 2.72 bits per heavy atom. The van der Waals surface area contributed by atoms with Gasteiger partial charge in [-0.1, -0.05) is 24.3 Å². The molecule has 0 saturated heterocycles. The van der Waals surface area contributed by atoms with Gasteiger partial charge in [0.1, 0.15) is 0 Å². The quantitative estimate of drug-likeness (QED) is 0.740. The highest BCUT2D eigenvalue weighted by atomic mass is 19.1. The van der Waals surface area contributed by atoms with Crippen LogP contribution < -0.4 is 10.1 Å². The summed E-state index contributed by atoms with van der Waals surface area (Å²) in [5, 5.41) is 3.95. The molecule has 3 aromatic rings. The molecule has 0 saturated carbocycles. The van der Waals surface area contributed by atoms with Crippen LogP contribution in [0.3, 0.4) is 0 Å². The van der Waals surface area contributed by atoms with Crippen molar-refractivity contribution in [3.05, 3.63) is 64.6 Å². The summed E-state index contributed by atoms with van der Waals surface area (Å²) >= 11 is 0. The number of nitrogens with one attached hydrogen (secondary N) is 2. The number of carbonyl (C=O) groups excluding carboxylic acids is 1. The number of aromatic amines is 1. The van der Waals surface area contributed by atoms with E-state index in [9.17, 15) is 9.18 Å². The predicted molar refractivity (Wildman–Crippen MR) is 96.8 cm³/mol. The molecule has 0 atom stereocenters. The molecule has 1 heterocycles. The minimum absolute atomic E-state index is 0.00848. The second-order valence-corrected chi connectivity index (χ2v) is 6.05. The van der Waals surface area contributed by atoms with E-state index in [2.05, 4.69) is 29.4 Å². The summed E-state index contributed by atoms with van der Waals surface area (Å²) < 4.78 is 19.1. The zero-order valence-corrected chi connectivity index (χ0v) is 14.6. The molecule has 0 radical (unpaired) electrons. The van der Waals surface area contributed by atoms with Gasteiger partial charge in [0.15, 0.2) is 11.6 Å². The monoisotopic (exact) mass is 340 g/mol.